The second-order valence-corrected chi connectivity index (χ2v) is 10.4. The molecule has 0 aliphatic heterocycles. The minimum atomic E-state index is -1.09. The van der Waals surface area contributed by atoms with E-state index in [0.29, 0.717) is 29.5 Å². The molecule has 224 valence electrons. The van der Waals surface area contributed by atoms with Crippen molar-refractivity contribution >= 4 is 11.4 Å². The van der Waals surface area contributed by atoms with Gasteiger partial charge in [0.25, 0.3) is 5.56 Å². The topological polar surface area (TPSA) is 89.5 Å². The molecule has 1 aliphatic carbocycles. The predicted octanol–water partition coefficient (Wildman–Crippen LogP) is 6.81. The number of allylic oxidation sites excluding steroid dienone is 1. The molecule has 6 nitrogen and oxygen atoms in total. The van der Waals surface area contributed by atoms with Gasteiger partial charge in [0.15, 0.2) is 11.6 Å². The summed E-state index contributed by atoms with van der Waals surface area (Å²) in [5.74, 6) is -3.78. The van der Waals surface area contributed by atoms with Crippen LogP contribution in [0.25, 0.3) is 11.3 Å². The average Bonchev–Trinajstić information content (AvgIpc) is 2.94. The zero-order valence-corrected chi connectivity index (χ0v) is 23.4. The Balaban J connectivity index is 1.50. The number of aliphatic hydroxyl groups is 1. The zero-order chi connectivity index (χ0) is 30.4. The van der Waals surface area contributed by atoms with Crippen LogP contribution in [0.4, 0.5) is 23.4 Å². The largest absolute Gasteiger partial charge is 0.511 e. The predicted molar refractivity (Wildman–Crippen MR) is 156 cm³/mol. The molecule has 3 aromatic rings. The molecule has 1 fully saturated rings. The third-order valence-corrected chi connectivity index (χ3v) is 7.58. The van der Waals surface area contributed by atoms with Crippen molar-refractivity contribution in [2.45, 2.75) is 51.5 Å². The van der Waals surface area contributed by atoms with Crippen molar-refractivity contribution in [1.29, 1.82) is 0 Å². The van der Waals surface area contributed by atoms with Gasteiger partial charge in [0.05, 0.1) is 12.6 Å². The Labute approximate surface area is 242 Å². The maximum Gasteiger partial charge on any atom is 0.256 e. The quantitative estimate of drug-likeness (QED) is 0.131. The van der Waals surface area contributed by atoms with Gasteiger partial charge in [-0.2, -0.15) is 0 Å². The number of nitrogen functional groups attached to an aromatic ring is 1. The highest BCUT2D eigenvalue weighted by Crippen LogP contribution is 2.32. The first kappa shape index (κ1) is 30.9. The number of aromatic nitrogens is 1. The molecule has 0 unspecified atom stereocenters. The van der Waals surface area contributed by atoms with Crippen LogP contribution in [0.5, 0.6) is 5.75 Å². The fourth-order valence-electron chi connectivity index (χ4n) is 5.56. The third kappa shape index (κ3) is 6.87. The molecule has 1 heterocycles. The lowest BCUT2D eigenvalue weighted by molar-refractivity contribution is 0.228. The second kappa shape index (κ2) is 13.7. The van der Waals surface area contributed by atoms with E-state index in [1.54, 1.807) is 6.92 Å². The first-order valence-electron chi connectivity index (χ1n) is 14.0. The Morgan fingerprint density at radius 1 is 1.07 bits per heavy atom. The Morgan fingerprint density at radius 3 is 2.36 bits per heavy atom. The van der Waals surface area contributed by atoms with Crippen molar-refractivity contribution in [1.82, 2.24) is 9.88 Å². The molecular formula is C32H35F4N3O3. The number of anilines is 1. The summed E-state index contributed by atoms with van der Waals surface area (Å²) in [7, 11) is 0. The van der Waals surface area contributed by atoms with Gasteiger partial charge in [-0.15, -0.1) is 0 Å². The summed E-state index contributed by atoms with van der Waals surface area (Å²) in [5.41, 5.74) is 5.06. The van der Waals surface area contributed by atoms with Crippen LogP contribution in [0.3, 0.4) is 0 Å². The standard InChI is InChI=1S/C32H35F4N3O3/c1-3-23(24-11-10-21(33)16-26(24)34)25-12-13-29(41)39(32(25)37)31-27(35)17-22(18-28(31)36)42-15-7-14-38-30(19(2)40)20-8-5-4-6-9-20/h3,10-13,16-18,20,30,38,40H,2,4-9,14-15,37H2,1H3/b23-3-/t30-/m1/s1. The monoisotopic (exact) mass is 585 g/mol. The number of pyridine rings is 1. The average molecular weight is 586 g/mol. The van der Waals surface area contributed by atoms with Crippen LogP contribution in [0.1, 0.15) is 56.6 Å². The highest BCUT2D eigenvalue weighted by atomic mass is 19.1. The Bertz CT molecular complexity index is 1510. The number of ether oxygens (including phenoxy) is 1. The summed E-state index contributed by atoms with van der Waals surface area (Å²) in [6.07, 6.45) is 7.49. The van der Waals surface area contributed by atoms with Gasteiger partial charge in [-0.25, -0.2) is 17.6 Å². The molecule has 0 bridgehead atoms. The summed E-state index contributed by atoms with van der Waals surface area (Å²) in [6.45, 7) is 5.93. The summed E-state index contributed by atoms with van der Waals surface area (Å²) in [5, 5.41) is 13.3. The van der Waals surface area contributed by atoms with Gasteiger partial charge in [-0.05, 0) is 62.4 Å². The van der Waals surface area contributed by atoms with E-state index >= 15 is 8.78 Å². The van der Waals surface area contributed by atoms with Crippen molar-refractivity contribution in [3.05, 3.63) is 106 Å². The summed E-state index contributed by atoms with van der Waals surface area (Å²) >= 11 is 0. The molecule has 1 aromatic heterocycles. The van der Waals surface area contributed by atoms with Crippen molar-refractivity contribution in [2.75, 3.05) is 18.9 Å². The summed E-state index contributed by atoms with van der Waals surface area (Å²) in [6, 6.07) is 7.09. The maximum atomic E-state index is 15.3. The van der Waals surface area contributed by atoms with Crippen LogP contribution >= 0.6 is 0 Å². The van der Waals surface area contributed by atoms with E-state index < -0.39 is 34.5 Å². The number of nitrogens with one attached hydrogen (secondary N) is 1. The number of aliphatic hydroxyl groups excluding tert-OH is 1. The fraction of sp³-hybridized carbons (Fsp3) is 0.344. The van der Waals surface area contributed by atoms with Crippen LogP contribution < -0.4 is 21.3 Å². The molecule has 1 atom stereocenters. The summed E-state index contributed by atoms with van der Waals surface area (Å²) < 4.78 is 64.8. The molecule has 0 saturated heterocycles. The van der Waals surface area contributed by atoms with Crippen molar-refractivity contribution in [2.24, 2.45) is 5.92 Å². The molecule has 1 saturated carbocycles. The van der Waals surface area contributed by atoms with E-state index in [2.05, 4.69) is 11.9 Å². The minimum Gasteiger partial charge on any atom is -0.511 e. The molecule has 4 N–H and O–H groups in total. The highest BCUT2D eigenvalue weighted by Gasteiger charge is 2.25. The van der Waals surface area contributed by atoms with Crippen molar-refractivity contribution < 1.29 is 27.4 Å². The Hall–Kier alpha value is -4.05. The number of rotatable bonds is 11. The highest BCUT2D eigenvalue weighted by molar-refractivity contribution is 5.85. The van der Waals surface area contributed by atoms with E-state index in [9.17, 15) is 18.7 Å². The first-order valence-corrected chi connectivity index (χ1v) is 14.0. The molecule has 0 spiro atoms. The third-order valence-electron chi connectivity index (χ3n) is 7.58. The van der Waals surface area contributed by atoms with Crippen LogP contribution in [0, 0.1) is 29.2 Å². The van der Waals surface area contributed by atoms with E-state index in [1.807, 2.05) is 0 Å². The van der Waals surface area contributed by atoms with Crippen molar-refractivity contribution in [3.63, 3.8) is 0 Å². The van der Waals surface area contributed by atoms with Gasteiger partial charge in [-0.3, -0.25) is 9.36 Å². The van der Waals surface area contributed by atoms with Crippen LogP contribution in [0.15, 0.2) is 65.7 Å². The molecule has 10 heteroatoms. The number of nitrogens with zero attached hydrogens (tertiary/aromatic N) is 1. The fourth-order valence-corrected chi connectivity index (χ4v) is 5.56. The van der Waals surface area contributed by atoms with Crippen molar-refractivity contribution in [3.8, 4) is 11.4 Å². The smallest absolute Gasteiger partial charge is 0.256 e. The summed E-state index contributed by atoms with van der Waals surface area (Å²) in [4.78, 5) is 12.7. The van der Waals surface area contributed by atoms with Crippen LogP contribution in [-0.4, -0.2) is 28.9 Å². The number of benzene rings is 2. The molecule has 0 radical (unpaired) electrons. The van der Waals surface area contributed by atoms with Crippen LogP contribution in [0.2, 0.25) is 0 Å². The van der Waals surface area contributed by atoms with Crippen LogP contribution in [-0.2, 0) is 0 Å². The molecule has 42 heavy (non-hydrogen) atoms. The zero-order valence-electron chi connectivity index (χ0n) is 23.4. The van der Waals surface area contributed by atoms with E-state index in [1.165, 1.54) is 24.6 Å². The maximum absolute atomic E-state index is 15.3. The number of nitrogens with two attached hydrogens (primary N) is 1. The van der Waals surface area contributed by atoms with Gasteiger partial charge >= 0.3 is 0 Å². The second-order valence-electron chi connectivity index (χ2n) is 10.4. The molecule has 2 aromatic carbocycles. The minimum absolute atomic E-state index is 0.00310. The Morgan fingerprint density at radius 2 is 1.74 bits per heavy atom. The first-order chi connectivity index (χ1) is 20.1. The molecular weight excluding hydrogens is 550 g/mol. The van der Waals surface area contributed by atoms with Gasteiger partial charge in [0.2, 0.25) is 0 Å². The molecule has 4 rings (SSSR count). The Kier molecular flexibility index (Phi) is 10.1. The van der Waals surface area contributed by atoms with E-state index in [0.717, 1.165) is 49.9 Å². The van der Waals surface area contributed by atoms with Gasteiger partial charge in [0, 0.05) is 35.4 Å². The normalized spacial score (nSPS) is 15.0. The van der Waals surface area contributed by atoms with Gasteiger partial charge < -0.3 is 20.9 Å². The lowest BCUT2D eigenvalue weighted by Gasteiger charge is -2.30. The van der Waals surface area contributed by atoms with Gasteiger partial charge in [-0.1, -0.05) is 31.9 Å². The SMILES string of the molecule is C=C(O)[C@@H](NCCCOc1cc(F)c(-n2c(N)c(/C(=C\C)c3ccc(F)cc3F)ccc2=O)c(F)c1)C1CCCCC1. The van der Waals surface area contributed by atoms with E-state index in [4.69, 9.17) is 10.5 Å². The lowest BCUT2D eigenvalue weighted by atomic mass is 9.83. The number of halogens is 4. The van der Waals surface area contributed by atoms with E-state index in [-0.39, 0.29) is 46.7 Å². The number of hydrogen-bond acceptors (Lipinski definition) is 5. The number of hydrogen-bond donors (Lipinski definition) is 3. The molecule has 0 amide bonds. The lowest BCUT2D eigenvalue weighted by Crippen LogP contribution is -2.39. The van der Waals surface area contributed by atoms with Gasteiger partial charge in [0.1, 0.15) is 34.6 Å². The molecule has 1 aliphatic rings.